The van der Waals surface area contributed by atoms with E-state index in [1.165, 1.54) is 25.7 Å². The Kier molecular flexibility index (Phi) is 4.60. The Morgan fingerprint density at radius 1 is 1.20 bits per heavy atom. The van der Waals surface area contributed by atoms with Gasteiger partial charge in [-0.05, 0) is 37.0 Å². The molecule has 0 spiro atoms. The van der Waals surface area contributed by atoms with Gasteiger partial charge in [-0.15, -0.1) is 0 Å². The van der Waals surface area contributed by atoms with Gasteiger partial charge in [0.25, 0.3) is 0 Å². The van der Waals surface area contributed by atoms with Gasteiger partial charge in [-0.2, -0.15) is 0 Å². The highest BCUT2D eigenvalue weighted by Crippen LogP contribution is 2.26. The van der Waals surface area contributed by atoms with E-state index in [9.17, 15) is 0 Å². The van der Waals surface area contributed by atoms with E-state index in [0.29, 0.717) is 17.5 Å². The fourth-order valence-corrected chi connectivity index (χ4v) is 1.93. The Hall–Kier alpha value is -0.0800. The number of hydrogen-bond donors (Lipinski definition) is 2. The first-order valence-corrected chi connectivity index (χ1v) is 6.41. The molecule has 3 N–H and O–H groups in total. The topological polar surface area (TPSA) is 38.0 Å². The highest BCUT2D eigenvalue weighted by Gasteiger charge is 2.24. The van der Waals surface area contributed by atoms with Gasteiger partial charge in [0.2, 0.25) is 0 Å². The van der Waals surface area contributed by atoms with Crippen LogP contribution in [0.15, 0.2) is 0 Å². The van der Waals surface area contributed by atoms with Gasteiger partial charge in [0.15, 0.2) is 0 Å². The second-order valence-corrected chi connectivity index (χ2v) is 6.14. The van der Waals surface area contributed by atoms with Crippen molar-refractivity contribution in [1.29, 1.82) is 0 Å². The molecule has 0 atom stereocenters. The minimum absolute atomic E-state index is 0.402. The van der Waals surface area contributed by atoms with E-state index in [1.807, 2.05) is 0 Å². The van der Waals surface area contributed by atoms with Crippen molar-refractivity contribution in [2.24, 2.45) is 17.1 Å². The highest BCUT2D eigenvalue weighted by molar-refractivity contribution is 4.82. The first-order chi connectivity index (χ1) is 6.92. The van der Waals surface area contributed by atoms with E-state index < -0.39 is 0 Å². The van der Waals surface area contributed by atoms with Crippen molar-refractivity contribution in [2.75, 3.05) is 6.54 Å². The zero-order valence-electron chi connectivity index (χ0n) is 10.8. The quantitative estimate of drug-likeness (QED) is 0.751. The standard InChI is InChI=1S/C13H28N2/c1-10(2)13(3,4)9-15-12-7-5-11(14)6-8-12/h10-12,15H,5-9,14H2,1-4H3. The van der Waals surface area contributed by atoms with Crippen molar-refractivity contribution in [2.45, 2.75) is 65.5 Å². The Labute approximate surface area is 95.0 Å². The Bertz CT molecular complexity index is 179. The molecule has 0 aromatic carbocycles. The fourth-order valence-electron chi connectivity index (χ4n) is 1.93. The lowest BCUT2D eigenvalue weighted by atomic mass is 9.80. The third-order valence-electron chi connectivity index (χ3n) is 4.18. The third-order valence-corrected chi connectivity index (χ3v) is 4.18. The summed E-state index contributed by atoms with van der Waals surface area (Å²) in [6.07, 6.45) is 4.91. The zero-order valence-corrected chi connectivity index (χ0v) is 10.8. The molecule has 0 bridgehead atoms. The van der Waals surface area contributed by atoms with Crippen molar-refractivity contribution in [1.82, 2.24) is 5.32 Å². The third kappa shape index (κ3) is 4.12. The van der Waals surface area contributed by atoms with Crippen LogP contribution < -0.4 is 11.1 Å². The molecule has 0 saturated heterocycles. The Morgan fingerprint density at radius 3 is 2.20 bits per heavy atom. The zero-order chi connectivity index (χ0) is 11.5. The first-order valence-electron chi connectivity index (χ1n) is 6.41. The van der Waals surface area contributed by atoms with Crippen LogP contribution in [-0.4, -0.2) is 18.6 Å². The normalized spacial score (nSPS) is 28.4. The van der Waals surface area contributed by atoms with E-state index in [4.69, 9.17) is 5.73 Å². The van der Waals surface area contributed by atoms with Crippen LogP contribution in [0.1, 0.15) is 53.4 Å². The largest absolute Gasteiger partial charge is 0.328 e. The number of rotatable bonds is 4. The van der Waals surface area contributed by atoms with E-state index in [1.54, 1.807) is 0 Å². The summed E-state index contributed by atoms with van der Waals surface area (Å²) in [7, 11) is 0. The molecule has 1 fully saturated rings. The number of nitrogens with one attached hydrogen (secondary N) is 1. The van der Waals surface area contributed by atoms with Gasteiger partial charge in [0.05, 0.1) is 0 Å². The molecular weight excluding hydrogens is 184 g/mol. The number of hydrogen-bond acceptors (Lipinski definition) is 2. The van der Waals surface area contributed by atoms with Crippen LogP contribution in [0.2, 0.25) is 0 Å². The summed E-state index contributed by atoms with van der Waals surface area (Å²) < 4.78 is 0. The summed E-state index contributed by atoms with van der Waals surface area (Å²) in [5, 5.41) is 3.71. The second kappa shape index (κ2) is 5.31. The lowest BCUT2D eigenvalue weighted by molar-refractivity contribution is 0.214. The number of nitrogens with two attached hydrogens (primary N) is 1. The summed E-state index contributed by atoms with van der Waals surface area (Å²) >= 11 is 0. The maximum atomic E-state index is 5.90. The lowest BCUT2D eigenvalue weighted by Crippen LogP contribution is -2.42. The molecule has 1 aliphatic rings. The summed E-state index contributed by atoms with van der Waals surface area (Å²) in [4.78, 5) is 0. The van der Waals surface area contributed by atoms with Gasteiger partial charge in [0, 0.05) is 18.6 Å². The monoisotopic (exact) mass is 212 g/mol. The van der Waals surface area contributed by atoms with Crippen LogP contribution in [0, 0.1) is 11.3 Å². The van der Waals surface area contributed by atoms with E-state index >= 15 is 0 Å². The summed E-state index contributed by atoms with van der Waals surface area (Å²) in [5.74, 6) is 0.732. The van der Waals surface area contributed by atoms with Crippen LogP contribution in [0.4, 0.5) is 0 Å². The maximum Gasteiger partial charge on any atom is 0.00684 e. The molecule has 2 nitrogen and oxygen atoms in total. The second-order valence-electron chi connectivity index (χ2n) is 6.14. The van der Waals surface area contributed by atoms with Crippen molar-refractivity contribution < 1.29 is 0 Å². The highest BCUT2D eigenvalue weighted by atomic mass is 14.9. The van der Waals surface area contributed by atoms with Gasteiger partial charge in [-0.1, -0.05) is 27.7 Å². The molecule has 2 heteroatoms. The van der Waals surface area contributed by atoms with Crippen molar-refractivity contribution in [3.63, 3.8) is 0 Å². The molecule has 0 heterocycles. The molecule has 0 aromatic heterocycles. The molecule has 1 rings (SSSR count). The van der Waals surface area contributed by atoms with Gasteiger partial charge in [-0.3, -0.25) is 0 Å². The maximum absolute atomic E-state index is 5.90. The molecule has 0 radical (unpaired) electrons. The van der Waals surface area contributed by atoms with Crippen molar-refractivity contribution in [3.8, 4) is 0 Å². The van der Waals surface area contributed by atoms with E-state index in [0.717, 1.165) is 12.5 Å². The SMILES string of the molecule is CC(C)C(C)(C)CNC1CCC(N)CC1. The van der Waals surface area contributed by atoms with Crippen LogP contribution in [0.5, 0.6) is 0 Å². The van der Waals surface area contributed by atoms with Gasteiger partial charge < -0.3 is 11.1 Å². The Morgan fingerprint density at radius 2 is 1.73 bits per heavy atom. The van der Waals surface area contributed by atoms with Crippen LogP contribution in [0.25, 0.3) is 0 Å². The molecule has 15 heavy (non-hydrogen) atoms. The smallest absolute Gasteiger partial charge is 0.00684 e. The molecule has 1 aliphatic carbocycles. The van der Waals surface area contributed by atoms with Crippen LogP contribution in [0.3, 0.4) is 0 Å². The Balaban J connectivity index is 2.25. The molecule has 0 aromatic rings. The summed E-state index contributed by atoms with van der Waals surface area (Å²) in [6, 6.07) is 1.17. The molecule has 90 valence electrons. The predicted octanol–water partition coefficient (Wildman–Crippen LogP) is 2.53. The summed E-state index contributed by atoms with van der Waals surface area (Å²) in [6.45, 7) is 10.4. The molecule has 0 aliphatic heterocycles. The van der Waals surface area contributed by atoms with Crippen molar-refractivity contribution >= 4 is 0 Å². The van der Waals surface area contributed by atoms with Gasteiger partial charge in [0.1, 0.15) is 0 Å². The molecule has 0 amide bonds. The fraction of sp³-hybridized carbons (Fsp3) is 1.00. The van der Waals surface area contributed by atoms with Gasteiger partial charge >= 0.3 is 0 Å². The van der Waals surface area contributed by atoms with Crippen LogP contribution >= 0.6 is 0 Å². The minimum Gasteiger partial charge on any atom is -0.328 e. The molecule has 1 saturated carbocycles. The van der Waals surface area contributed by atoms with Crippen molar-refractivity contribution in [3.05, 3.63) is 0 Å². The average Bonchev–Trinajstić information content (AvgIpc) is 2.17. The van der Waals surface area contributed by atoms with Crippen LogP contribution in [-0.2, 0) is 0 Å². The van der Waals surface area contributed by atoms with Gasteiger partial charge in [-0.25, -0.2) is 0 Å². The molecular formula is C13H28N2. The average molecular weight is 212 g/mol. The summed E-state index contributed by atoms with van der Waals surface area (Å²) in [5.41, 5.74) is 6.30. The van der Waals surface area contributed by atoms with E-state index in [2.05, 4.69) is 33.0 Å². The first kappa shape index (κ1) is 13.0. The van der Waals surface area contributed by atoms with E-state index in [-0.39, 0.29) is 0 Å². The predicted molar refractivity (Wildman–Crippen MR) is 66.9 cm³/mol. The minimum atomic E-state index is 0.402. The molecule has 0 unspecified atom stereocenters. The lowest BCUT2D eigenvalue weighted by Gasteiger charge is -2.34.